The van der Waals surface area contributed by atoms with E-state index in [-0.39, 0.29) is 11.8 Å². The Bertz CT molecular complexity index is 876. The van der Waals surface area contributed by atoms with E-state index in [0.717, 1.165) is 0 Å². The van der Waals surface area contributed by atoms with Crippen LogP contribution in [0.4, 0.5) is 0 Å². The first-order valence-corrected chi connectivity index (χ1v) is 8.81. The Kier molecular flexibility index (Phi) is 4.53. The van der Waals surface area contributed by atoms with E-state index in [1.54, 1.807) is 48.1 Å². The second kappa shape index (κ2) is 7.14. The summed E-state index contributed by atoms with van der Waals surface area (Å²) in [6.45, 7) is 1.22. The number of aromatic nitrogens is 2. The normalized spacial score (nSPS) is 16.2. The van der Waals surface area contributed by atoms with Crippen molar-refractivity contribution in [1.82, 2.24) is 19.8 Å². The van der Waals surface area contributed by atoms with E-state index < -0.39 is 5.54 Å². The van der Waals surface area contributed by atoms with Crippen LogP contribution in [-0.2, 0) is 16.9 Å². The third-order valence-corrected chi connectivity index (χ3v) is 5.03. The highest BCUT2D eigenvalue weighted by Crippen LogP contribution is 2.31. The molecule has 4 rings (SSSR count). The molecule has 0 aromatic carbocycles. The number of carbonyl (C=O) groups is 2. The molecule has 1 fully saturated rings. The summed E-state index contributed by atoms with van der Waals surface area (Å²) >= 11 is 0. The minimum atomic E-state index is -0.789. The van der Waals surface area contributed by atoms with Gasteiger partial charge in [0.25, 0.3) is 5.91 Å². The van der Waals surface area contributed by atoms with Crippen LogP contribution in [0.3, 0.4) is 0 Å². The summed E-state index contributed by atoms with van der Waals surface area (Å²) in [5.41, 5.74) is -0.789. The number of nitrogens with one attached hydrogen (secondary N) is 1. The maximum atomic E-state index is 13.1. The predicted octanol–water partition coefficient (Wildman–Crippen LogP) is 2.02. The molecular formula is C19H20N4O4. The lowest BCUT2D eigenvalue weighted by Gasteiger charge is -2.41. The third kappa shape index (κ3) is 3.25. The number of carbonyl (C=O) groups excluding carboxylic acids is 2. The Balaban J connectivity index is 1.49. The van der Waals surface area contributed by atoms with Gasteiger partial charge in [-0.25, -0.2) is 4.98 Å². The second-order valence-corrected chi connectivity index (χ2v) is 6.53. The standard InChI is InChI=1S/C19H20N4O4/c24-17(16-4-2-12-27-16)22-8-5-19(6-9-22,23-10-7-20-14-23)18(25)21-13-15-3-1-11-26-15/h1-4,7,10-12,14H,5-6,8-9,13H2,(H,21,25). The van der Waals surface area contributed by atoms with Crippen molar-refractivity contribution in [2.45, 2.75) is 24.9 Å². The van der Waals surface area contributed by atoms with Crippen LogP contribution < -0.4 is 5.32 Å². The largest absolute Gasteiger partial charge is 0.467 e. The number of hydrogen-bond acceptors (Lipinski definition) is 5. The number of likely N-dealkylation sites (tertiary alicyclic amines) is 1. The van der Waals surface area contributed by atoms with Gasteiger partial charge in [0.1, 0.15) is 11.3 Å². The van der Waals surface area contributed by atoms with E-state index in [0.29, 0.717) is 44.0 Å². The summed E-state index contributed by atoms with van der Waals surface area (Å²) in [5.74, 6) is 0.735. The second-order valence-electron chi connectivity index (χ2n) is 6.53. The monoisotopic (exact) mass is 368 g/mol. The van der Waals surface area contributed by atoms with Crippen molar-refractivity contribution in [1.29, 1.82) is 0 Å². The van der Waals surface area contributed by atoms with Crippen molar-refractivity contribution >= 4 is 11.8 Å². The number of amides is 2. The van der Waals surface area contributed by atoms with Gasteiger partial charge in [0, 0.05) is 25.5 Å². The molecule has 8 nitrogen and oxygen atoms in total. The summed E-state index contributed by atoms with van der Waals surface area (Å²) in [6.07, 6.45) is 9.12. The quantitative estimate of drug-likeness (QED) is 0.744. The van der Waals surface area contributed by atoms with Crippen molar-refractivity contribution in [3.8, 4) is 0 Å². The van der Waals surface area contributed by atoms with Gasteiger partial charge in [-0.1, -0.05) is 0 Å². The lowest BCUT2D eigenvalue weighted by Crippen LogP contribution is -2.55. The van der Waals surface area contributed by atoms with Crippen LogP contribution in [0.5, 0.6) is 0 Å². The van der Waals surface area contributed by atoms with E-state index in [1.165, 1.54) is 6.26 Å². The van der Waals surface area contributed by atoms with Gasteiger partial charge in [0.2, 0.25) is 5.91 Å². The fourth-order valence-corrected chi connectivity index (χ4v) is 3.50. The smallest absolute Gasteiger partial charge is 0.289 e. The SMILES string of the molecule is O=C(c1ccco1)N1CCC(C(=O)NCc2ccco2)(n2ccnc2)CC1. The maximum Gasteiger partial charge on any atom is 0.289 e. The number of piperidine rings is 1. The molecule has 0 radical (unpaired) electrons. The highest BCUT2D eigenvalue weighted by atomic mass is 16.3. The van der Waals surface area contributed by atoms with Crippen molar-refractivity contribution in [2.24, 2.45) is 0 Å². The number of imidazole rings is 1. The first-order chi connectivity index (χ1) is 13.2. The molecule has 0 saturated carbocycles. The highest BCUT2D eigenvalue weighted by molar-refractivity contribution is 5.92. The molecular weight excluding hydrogens is 348 g/mol. The van der Waals surface area contributed by atoms with Gasteiger partial charge < -0.3 is 23.6 Å². The van der Waals surface area contributed by atoms with Gasteiger partial charge in [-0.2, -0.15) is 0 Å². The molecule has 0 bridgehead atoms. The van der Waals surface area contributed by atoms with Gasteiger partial charge in [0.05, 0.1) is 25.4 Å². The molecule has 4 heterocycles. The Morgan fingerprint density at radius 2 is 1.93 bits per heavy atom. The number of hydrogen-bond donors (Lipinski definition) is 1. The zero-order valence-electron chi connectivity index (χ0n) is 14.7. The molecule has 0 aliphatic carbocycles. The van der Waals surface area contributed by atoms with Crippen LogP contribution in [0.15, 0.2) is 64.3 Å². The number of nitrogens with zero attached hydrogens (tertiary/aromatic N) is 3. The minimum Gasteiger partial charge on any atom is -0.467 e. The molecule has 0 spiro atoms. The summed E-state index contributed by atoms with van der Waals surface area (Å²) in [6, 6.07) is 6.94. The topological polar surface area (TPSA) is 93.5 Å². The Morgan fingerprint density at radius 1 is 1.15 bits per heavy atom. The highest BCUT2D eigenvalue weighted by Gasteiger charge is 2.44. The molecule has 1 aliphatic rings. The van der Waals surface area contributed by atoms with Gasteiger partial charge in [-0.05, 0) is 37.1 Å². The molecule has 3 aromatic heterocycles. The van der Waals surface area contributed by atoms with Crippen molar-refractivity contribution in [3.05, 3.63) is 67.0 Å². The fraction of sp³-hybridized carbons (Fsp3) is 0.316. The molecule has 8 heteroatoms. The predicted molar refractivity (Wildman–Crippen MR) is 94.6 cm³/mol. The van der Waals surface area contributed by atoms with Crippen LogP contribution in [0.1, 0.15) is 29.2 Å². The Hall–Kier alpha value is -3.29. The lowest BCUT2D eigenvalue weighted by molar-refractivity contribution is -0.132. The molecule has 0 unspecified atom stereocenters. The summed E-state index contributed by atoms with van der Waals surface area (Å²) in [4.78, 5) is 31.4. The molecule has 140 valence electrons. The van der Waals surface area contributed by atoms with Crippen LogP contribution in [-0.4, -0.2) is 39.4 Å². The van der Waals surface area contributed by atoms with Gasteiger partial charge >= 0.3 is 0 Å². The molecule has 1 saturated heterocycles. The summed E-state index contributed by atoms with van der Waals surface area (Å²) < 4.78 is 12.3. The first kappa shape index (κ1) is 17.1. The summed E-state index contributed by atoms with van der Waals surface area (Å²) in [7, 11) is 0. The Labute approximate surface area is 155 Å². The maximum absolute atomic E-state index is 13.1. The zero-order valence-corrected chi connectivity index (χ0v) is 14.7. The molecule has 2 amide bonds. The van der Waals surface area contributed by atoms with E-state index >= 15 is 0 Å². The van der Waals surface area contributed by atoms with Crippen LogP contribution in [0.2, 0.25) is 0 Å². The average molecular weight is 368 g/mol. The van der Waals surface area contributed by atoms with Gasteiger partial charge in [-0.15, -0.1) is 0 Å². The fourth-order valence-electron chi connectivity index (χ4n) is 3.50. The number of rotatable bonds is 5. The molecule has 0 atom stereocenters. The summed E-state index contributed by atoms with van der Waals surface area (Å²) in [5, 5.41) is 2.95. The van der Waals surface area contributed by atoms with Gasteiger partial charge in [-0.3, -0.25) is 9.59 Å². The lowest BCUT2D eigenvalue weighted by atomic mass is 9.86. The van der Waals surface area contributed by atoms with E-state index in [2.05, 4.69) is 10.3 Å². The third-order valence-electron chi connectivity index (χ3n) is 5.03. The molecule has 27 heavy (non-hydrogen) atoms. The van der Waals surface area contributed by atoms with E-state index in [1.807, 2.05) is 10.6 Å². The Morgan fingerprint density at radius 3 is 2.56 bits per heavy atom. The van der Waals surface area contributed by atoms with Gasteiger partial charge in [0.15, 0.2) is 5.76 Å². The zero-order chi connectivity index (χ0) is 18.7. The van der Waals surface area contributed by atoms with E-state index in [4.69, 9.17) is 8.83 Å². The minimum absolute atomic E-state index is 0.109. The van der Waals surface area contributed by atoms with Crippen molar-refractivity contribution < 1.29 is 18.4 Å². The average Bonchev–Trinajstić information content (AvgIpc) is 3.48. The first-order valence-electron chi connectivity index (χ1n) is 8.81. The number of furan rings is 2. The van der Waals surface area contributed by atoms with Crippen LogP contribution in [0, 0.1) is 0 Å². The molecule has 1 aliphatic heterocycles. The van der Waals surface area contributed by atoms with Crippen LogP contribution in [0.25, 0.3) is 0 Å². The van der Waals surface area contributed by atoms with Crippen molar-refractivity contribution in [2.75, 3.05) is 13.1 Å². The van der Waals surface area contributed by atoms with E-state index in [9.17, 15) is 9.59 Å². The molecule has 1 N–H and O–H groups in total. The van der Waals surface area contributed by atoms with Crippen molar-refractivity contribution in [3.63, 3.8) is 0 Å². The van der Waals surface area contributed by atoms with Crippen LogP contribution >= 0.6 is 0 Å². The molecule has 3 aromatic rings.